The lowest BCUT2D eigenvalue weighted by atomic mass is 9.99. The third-order valence-electron chi connectivity index (χ3n) is 4.19. The maximum absolute atomic E-state index is 13.0. The Balaban J connectivity index is 3.17. The summed E-state index contributed by atoms with van der Waals surface area (Å²) >= 11 is 5.24. The molecule has 0 saturated carbocycles. The summed E-state index contributed by atoms with van der Waals surface area (Å²) in [4.78, 5) is 1.66. The highest BCUT2D eigenvalue weighted by molar-refractivity contribution is 7.80. The number of nitrogens with one attached hydrogen (secondary N) is 1. The van der Waals surface area contributed by atoms with E-state index in [-0.39, 0.29) is 28.8 Å². The highest BCUT2D eigenvalue weighted by atomic mass is 32.1. The number of hydrogen-bond acceptors (Lipinski definition) is 1. The largest absolute Gasteiger partial charge is 0.416 e. The molecule has 0 amide bonds. The molecule has 158 valence electrons. The predicted octanol–water partition coefficient (Wildman–Crippen LogP) is 6.73. The normalized spacial score (nSPS) is 13.3. The van der Waals surface area contributed by atoms with Crippen LogP contribution in [0.2, 0.25) is 0 Å². The van der Waals surface area contributed by atoms with Crippen molar-refractivity contribution in [3.63, 3.8) is 0 Å². The van der Waals surface area contributed by atoms with Gasteiger partial charge in [-0.05, 0) is 56.6 Å². The third kappa shape index (κ3) is 7.00. The quantitative estimate of drug-likeness (QED) is 0.319. The van der Waals surface area contributed by atoms with E-state index in [1.54, 1.807) is 11.9 Å². The topological polar surface area (TPSA) is 15.3 Å². The Bertz CT molecular complexity index is 686. The van der Waals surface area contributed by atoms with Crippen LogP contribution in [0.1, 0.15) is 45.2 Å². The van der Waals surface area contributed by atoms with Gasteiger partial charge in [0.2, 0.25) is 0 Å². The van der Waals surface area contributed by atoms with Crippen LogP contribution in [-0.2, 0) is 12.4 Å². The molecule has 0 bridgehead atoms. The fraction of sp³-hybridized carbons (Fsp3) is 0.526. The Morgan fingerprint density at radius 3 is 1.86 bits per heavy atom. The van der Waals surface area contributed by atoms with E-state index in [1.807, 2.05) is 33.8 Å². The number of thiocarbonyl (C=S) groups is 1. The second kappa shape index (κ2) is 9.15. The molecule has 0 aromatic heterocycles. The monoisotopic (exact) mass is 426 g/mol. The second-order valence-corrected chi connectivity index (χ2v) is 7.55. The van der Waals surface area contributed by atoms with E-state index in [0.717, 1.165) is 5.57 Å². The van der Waals surface area contributed by atoms with Crippen molar-refractivity contribution in [1.29, 1.82) is 0 Å². The first-order valence-electron chi connectivity index (χ1n) is 8.59. The Kier molecular flexibility index (Phi) is 7.93. The zero-order valence-electron chi connectivity index (χ0n) is 16.3. The van der Waals surface area contributed by atoms with Crippen molar-refractivity contribution >= 4 is 23.0 Å². The second-order valence-electron chi connectivity index (χ2n) is 7.16. The SMILES string of the molecule is CC(C)=CCC(C(C)C)N(C)C(=S)Nc1cc(C(F)(F)F)cc(C(F)(F)F)c1. The van der Waals surface area contributed by atoms with Crippen molar-refractivity contribution in [1.82, 2.24) is 4.90 Å². The summed E-state index contributed by atoms with van der Waals surface area (Å²) in [6.07, 6.45) is -7.16. The third-order valence-corrected chi connectivity index (χ3v) is 4.58. The average Bonchev–Trinajstić information content (AvgIpc) is 2.52. The zero-order chi connectivity index (χ0) is 21.9. The first-order valence-corrected chi connectivity index (χ1v) is 9.00. The lowest BCUT2D eigenvalue weighted by Crippen LogP contribution is -2.42. The number of alkyl halides is 6. The Hall–Kier alpha value is -1.77. The number of allylic oxidation sites excluding steroid dienone is 1. The lowest BCUT2D eigenvalue weighted by Gasteiger charge is -2.33. The molecule has 0 heterocycles. The van der Waals surface area contributed by atoms with E-state index in [4.69, 9.17) is 12.2 Å². The van der Waals surface area contributed by atoms with Crippen LogP contribution in [-0.4, -0.2) is 23.1 Å². The van der Waals surface area contributed by atoms with Crippen LogP contribution in [0.3, 0.4) is 0 Å². The summed E-state index contributed by atoms with van der Waals surface area (Å²) in [6, 6.07) is 1.26. The molecule has 0 aliphatic heterocycles. The van der Waals surface area contributed by atoms with Crippen LogP contribution in [0, 0.1) is 5.92 Å². The van der Waals surface area contributed by atoms with Crippen LogP contribution < -0.4 is 5.32 Å². The highest BCUT2D eigenvalue weighted by Crippen LogP contribution is 2.37. The minimum atomic E-state index is -4.91. The molecule has 9 heteroatoms. The van der Waals surface area contributed by atoms with Crippen molar-refractivity contribution in [2.24, 2.45) is 5.92 Å². The molecule has 0 spiro atoms. The standard InChI is InChI=1S/C19H24F6N2S/c1-11(2)6-7-16(12(3)4)27(5)17(28)26-15-9-13(18(20,21)22)8-14(10-15)19(23,24)25/h6,8-10,12,16H,7H2,1-5H3,(H,26,28). The van der Waals surface area contributed by atoms with E-state index in [2.05, 4.69) is 5.32 Å². The van der Waals surface area contributed by atoms with Crippen LogP contribution in [0.4, 0.5) is 32.0 Å². The Morgan fingerprint density at radius 2 is 1.50 bits per heavy atom. The summed E-state index contributed by atoms with van der Waals surface area (Å²) in [6.45, 7) is 7.81. The van der Waals surface area contributed by atoms with Gasteiger partial charge in [0.25, 0.3) is 0 Å². The van der Waals surface area contributed by atoms with Gasteiger partial charge in [0.05, 0.1) is 11.1 Å². The molecule has 2 nitrogen and oxygen atoms in total. The van der Waals surface area contributed by atoms with Gasteiger partial charge >= 0.3 is 12.4 Å². The zero-order valence-corrected chi connectivity index (χ0v) is 17.1. The van der Waals surface area contributed by atoms with Crippen molar-refractivity contribution in [3.05, 3.63) is 41.0 Å². The van der Waals surface area contributed by atoms with Gasteiger partial charge in [-0.15, -0.1) is 0 Å². The fourth-order valence-electron chi connectivity index (χ4n) is 2.62. The molecule has 0 aliphatic carbocycles. The minimum Gasteiger partial charge on any atom is -0.349 e. The van der Waals surface area contributed by atoms with Crippen LogP contribution in [0.25, 0.3) is 0 Å². The molecule has 1 rings (SSSR count). The molecule has 28 heavy (non-hydrogen) atoms. The molecule has 1 aromatic rings. The van der Waals surface area contributed by atoms with Crippen LogP contribution >= 0.6 is 12.2 Å². The molecule has 1 N–H and O–H groups in total. The van der Waals surface area contributed by atoms with Crippen LogP contribution in [0.15, 0.2) is 29.8 Å². The van der Waals surface area contributed by atoms with Crippen molar-refractivity contribution in [2.45, 2.75) is 52.5 Å². The summed E-state index contributed by atoms with van der Waals surface area (Å²) in [5.41, 5.74) is -2.03. The molecular weight excluding hydrogens is 402 g/mol. The maximum Gasteiger partial charge on any atom is 0.416 e. The van der Waals surface area contributed by atoms with Gasteiger partial charge in [-0.1, -0.05) is 25.5 Å². The number of anilines is 1. The number of halogens is 6. The van der Waals surface area contributed by atoms with Gasteiger partial charge in [0.1, 0.15) is 0 Å². The molecule has 0 aliphatic rings. The summed E-state index contributed by atoms with van der Waals surface area (Å²) in [5, 5.41) is 2.58. The van der Waals surface area contributed by atoms with E-state index in [0.29, 0.717) is 18.6 Å². The molecule has 0 radical (unpaired) electrons. The van der Waals surface area contributed by atoms with Gasteiger partial charge in [0, 0.05) is 18.8 Å². The fourth-order valence-corrected chi connectivity index (χ4v) is 2.88. The van der Waals surface area contributed by atoms with Gasteiger partial charge in [0.15, 0.2) is 5.11 Å². The maximum atomic E-state index is 13.0. The molecule has 0 saturated heterocycles. The summed E-state index contributed by atoms with van der Waals surface area (Å²) < 4.78 is 78.0. The van der Waals surface area contributed by atoms with Gasteiger partial charge < -0.3 is 10.2 Å². The van der Waals surface area contributed by atoms with Gasteiger partial charge in [-0.3, -0.25) is 0 Å². The van der Waals surface area contributed by atoms with E-state index in [9.17, 15) is 26.3 Å². The number of benzene rings is 1. The number of nitrogens with zero attached hydrogens (tertiary/aromatic N) is 1. The van der Waals surface area contributed by atoms with E-state index >= 15 is 0 Å². The molecule has 1 atom stereocenters. The molecule has 0 fully saturated rings. The average molecular weight is 426 g/mol. The highest BCUT2D eigenvalue weighted by Gasteiger charge is 2.37. The number of rotatable bonds is 5. The smallest absolute Gasteiger partial charge is 0.349 e. The van der Waals surface area contributed by atoms with E-state index in [1.165, 1.54) is 0 Å². The number of hydrogen-bond donors (Lipinski definition) is 1. The van der Waals surface area contributed by atoms with Gasteiger partial charge in [-0.2, -0.15) is 26.3 Å². The van der Waals surface area contributed by atoms with Crippen molar-refractivity contribution in [3.8, 4) is 0 Å². The first-order chi connectivity index (χ1) is 12.6. The molecule has 1 aromatic carbocycles. The first kappa shape index (κ1) is 24.3. The molecular formula is C19H24F6N2S. The minimum absolute atomic E-state index is 0.0494. The summed E-state index contributed by atoms with van der Waals surface area (Å²) in [7, 11) is 1.66. The Morgan fingerprint density at radius 1 is 1.04 bits per heavy atom. The molecule has 1 unspecified atom stereocenters. The predicted molar refractivity (Wildman–Crippen MR) is 103 cm³/mol. The Labute approximate surface area is 166 Å². The van der Waals surface area contributed by atoms with E-state index < -0.39 is 23.5 Å². The van der Waals surface area contributed by atoms with Crippen molar-refractivity contribution < 1.29 is 26.3 Å². The van der Waals surface area contributed by atoms with Gasteiger partial charge in [-0.25, -0.2) is 0 Å². The van der Waals surface area contributed by atoms with Crippen LogP contribution in [0.5, 0.6) is 0 Å². The summed E-state index contributed by atoms with van der Waals surface area (Å²) in [5.74, 6) is 0.160. The lowest BCUT2D eigenvalue weighted by molar-refractivity contribution is -0.143. The van der Waals surface area contributed by atoms with Crippen molar-refractivity contribution in [2.75, 3.05) is 12.4 Å².